The minimum absolute atomic E-state index is 0.235. The normalized spacial score (nSPS) is 27.9. The number of aliphatic hydroxyl groups is 1. The van der Waals surface area contributed by atoms with Gasteiger partial charge in [-0.05, 0) is 6.92 Å². The third-order valence-electron chi connectivity index (χ3n) is 2.07. The molecular formula is C8H13NO4. The molecule has 1 amide bonds. The second kappa shape index (κ2) is 3.74. The van der Waals surface area contributed by atoms with Crippen LogP contribution in [0.1, 0.15) is 6.92 Å². The fraction of sp³-hybridized carbons (Fsp3) is 0.750. The van der Waals surface area contributed by atoms with Gasteiger partial charge in [0.2, 0.25) is 0 Å². The lowest BCUT2D eigenvalue weighted by Gasteiger charge is -2.09. The number of ether oxygens (including phenoxy) is 1. The van der Waals surface area contributed by atoms with Crippen LogP contribution in [-0.4, -0.2) is 48.2 Å². The van der Waals surface area contributed by atoms with Crippen molar-refractivity contribution in [1.82, 2.24) is 4.90 Å². The van der Waals surface area contributed by atoms with E-state index in [-0.39, 0.29) is 13.2 Å². The first-order valence-electron chi connectivity index (χ1n) is 4.17. The van der Waals surface area contributed by atoms with E-state index in [4.69, 9.17) is 4.74 Å². The fourth-order valence-corrected chi connectivity index (χ4v) is 1.34. The van der Waals surface area contributed by atoms with E-state index in [9.17, 15) is 14.7 Å². The quantitative estimate of drug-likeness (QED) is 0.563. The number of hydrogen-bond acceptors (Lipinski definition) is 4. The molecule has 1 heterocycles. The molecule has 1 aliphatic rings. The second-order valence-electron chi connectivity index (χ2n) is 3.02. The highest BCUT2D eigenvalue weighted by atomic mass is 16.5. The number of hydrogen-bond donors (Lipinski definition) is 1. The van der Waals surface area contributed by atoms with E-state index in [1.165, 1.54) is 4.90 Å². The lowest BCUT2D eigenvalue weighted by Crippen LogP contribution is -2.30. The second-order valence-corrected chi connectivity index (χ2v) is 3.02. The molecule has 0 spiro atoms. The molecule has 1 fully saturated rings. The van der Waals surface area contributed by atoms with E-state index in [0.717, 1.165) is 0 Å². The van der Waals surface area contributed by atoms with Crippen LogP contribution in [0.15, 0.2) is 0 Å². The largest absolute Gasteiger partial charge is 0.466 e. The van der Waals surface area contributed by atoms with Crippen molar-refractivity contribution < 1.29 is 19.4 Å². The van der Waals surface area contributed by atoms with Gasteiger partial charge in [0.1, 0.15) is 12.0 Å². The fourth-order valence-electron chi connectivity index (χ4n) is 1.34. The van der Waals surface area contributed by atoms with E-state index < -0.39 is 23.9 Å². The zero-order valence-corrected chi connectivity index (χ0v) is 7.69. The van der Waals surface area contributed by atoms with Crippen LogP contribution in [0.4, 0.5) is 0 Å². The average molecular weight is 187 g/mol. The average Bonchev–Trinajstić information content (AvgIpc) is 2.33. The third-order valence-corrected chi connectivity index (χ3v) is 2.07. The highest BCUT2D eigenvalue weighted by molar-refractivity contribution is 5.90. The van der Waals surface area contributed by atoms with Crippen LogP contribution in [0.25, 0.3) is 0 Å². The minimum Gasteiger partial charge on any atom is -0.466 e. The molecule has 13 heavy (non-hydrogen) atoms. The van der Waals surface area contributed by atoms with Crippen LogP contribution in [-0.2, 0) is 14.3 Å². The number of rotatable bonds is 2. The molecule has 5 nitrogen and oxygen atoms in total. The summed E-state index contributed by atoms with van der Waals surface area (Å²) >= 11 is 0. The summed E-state index contributed by atoms with van der Waals surface area (Å²) in [6.45, 7) is 2.18. The molecule has 1 aliphatic heterocycles. The maximum Gasteiger partial charge on any atom is 0.313 e. The molecule has 0 saturated carbocycles. The lowest BCUT2D eigenvalue weighted by molar-refractivity contribution is -0.152. The summed E-state index contributed by atoms with van der Waals surface area (Å²) in [7, 11) is 1.55. The molecule has 0 aromatic heterocycles. The molecule has 1 saturated heterocycles. The van der Waals surface area contributed by atoms with Gasteiger partial charge in [0.05, 0.1) is 6.61 Å². The zero-order valence-electron chi connectivity index (χ0n) is 7.69. The smallest absolute Gasteiger partial charge is 0.313 e. The Balaban J connectivity index is 2.63. The third kappa shape index (κ3) is 1.80. The van der Waals surface area contributed by atoms with E-state index >= 15 is 0 Å². The number of likely N-dealkylation sites (N-methyl/N-ethyl adjacent to an activating group) is 1. The van der Waals surface area contributed by atoms with Crippen LogP contribution in [0, 0.1) is 5.92 Å². The number of likely N-dealkylation sites (tertiary alicyclic amines) is 1. The summed E-state index contributed by atoms with van der Waals surface area (Å²) in [6, 6.07) is 0. The van der Waals surface area contributed by atoms with Crippen LogP contribution >= 0.6 is 0 Å². The standard InChI is InChI=1S/C8H13NO4/c1-3-13-8(12)5-4-9(2)7(11)6(5)10/h5-6,10H,3-4H2,1-2H3. The highest BCUT2D eigenvalue weighted by Gasteiger charge is 2.42. The Morgan fingerprint density at radius 3 is 2.77 bits per heavy atom. The molecule has 0 aliphatic carbocycles. The van der Waals surface area contributed by atoms with Gasteiger partial charge in [-0.15, -0.1) is 0 Å². The van der Waals surface area contributed by atoms with Crippen LogP contribution < -0.4 is 0 Å². The molecule has 0 aromatic rings. The van der Waals surface area contributed by atoms with Crippen molar-refractivity contribution in [3.05, 3.63) is 0 Å². The van der Waals surface area contributed by atoms with Gasteiger partial charge in [0, 0.05) is 13.6 Å². The first kappa shape index (κ1) is 9.98. The molecule has 1 rings (SSSR count). The Kier molecular flexibility index (Phi) is 2.87. The summed E-state index contributed by atoms with van der Waals surface area (Å²) < 4.78 is 4.72. The number of amides is 1. The van der Waals surface area contributed by atoms with Crippen molar-refractivity contribution in [2.45, 2.75) is 13.0 Å². The molecular weight excluding hydrogens is 174 g/mol. The van der Waals surface area contributed by atoms with Gasteiger partial charge in [-0.1, -0.05) is 0 Å². The van der Waals surface area contributed by atoms with Gasteiger partial charge < -0.3 is 14.7 Å². The Hall–Kier alpha value is -1.10. The van der Waals surface area contributed by atoms with E-state index in [1.807, 2.05) is 0 Å². The Labute approximate surface area is 76.3 Å². The van der Waals surface area contributed by atoms with Gasteiger partial charge in [-0.3, -0.25) is 9.59 Å². The predicted octanol–water partition coefficient (Wildman–Crippen LogP) is -1.00. The summed E-state index contributed by atoms with van der Waals surface area (Å²) in [5.41, 5.74) is 0. The van der Waals surface area contributed by atoms with Crippen LogP contribution in [0.3, 0.4) is 0 Å². The maximum atomic E-state index is 11.2. The first-order valence-corrected chi connectivity index (χ1v) is 4.17. The summed E-state index contributed by atoms with van der Waals surface area (Å²) in [5, 5.41) is 9.33. The molecule has 2 unspecified atom stereocenters. The summed E-state index contributed by atoms with van der Waals surface area (Å²) in [6.07, 6.45) is -1.23. The summed E-state index contributed by atoms with van der Waals surface area (Å²) in [4.78, 5) is 23.6. The van der Waals surface area contributed by atoms with Crippen molar-refractivity contribution >= 4 is 11.9 Å². The van der Waals surface area contributed by atoms with E-state index in [0.29, 0.717) is 0 Å². The SMILES string of the molecule is CCOC(=O)C1CN(C)C(=O)C1O. The topological polar surface area (TPSA) is 66.8 Å². The van der Waals surface area contributed by atoms with Crippen molar-refractivity contribution in [3.8, 4) is 0 Å². The van der Waals surface area contributed by atoms with E-state index in [1.54, 1.807) is 14.0 Å². The van der Waals surface area contributed by atoms with Gasteiger partial charge in [-0.25, -0.2) is 0 Å². The molecule has 74 valence electrons. The predicted molar refractivity (Wildman–Crippen MR) is 43.8 cm³/mol. The monoisotopic (exact) mass is 187 g/mol. The molecule has 5 heteroatoms. The van der Waals surface area contributed by atoms with Gasteiger partial charge in [0.25, 0.3) is 5.91 Å². The molecule has 1 N–H and O–H groups in total. The number of carbonyl (C=O) groups excluding carboxylic acids is 2. The Bertz CT molecular complexity index is 228. The van der Waals surface area contributed by atoms with Crippen LogP contribution in [0.5, 0.6) is 0 Å². The first-order chi connectivity index (χ1) is 6.07. The van der Waals surface area contributed by atoms with Crippen molar-refractivity contribution in [2.24, 2.45) is 5.92 Å². The van der Waals surface area contributed by atoms with Gasteiger partial charge >= 0.3 is 5.97 Å². The minimum atomic E-state index is -1.23. The van der Waals surface area contributed by atoms with Gasteiger partial charge in [-0.2, -0.15) is 0 Å². The molecule has 2 atom stereocenters. The van der Waals surface area contributed by atoms with Gasteiger partial charge in [0.15, 0.2) is 0 Å². The Morgan fingerprint density at radius 2 is 2.38 bits per heavy atom. The van der Waals surface area contributed by atoms with E-state index in [2.05, 4.69) is 0 Å². The van der Waals surface area contributed by atoms with Crippen molar-refractivity contribution in [3.63, 3.8) is 0 Å². The number of carbonyl (C=O) groups is 2. The number of nitrogens with zero attached hydrogens (tertiary/aromatic N) is 1. The molecule has 0 bridgehead atoms. The van der Waals surface area contributed by atoms with Crippen LogP contribution in [0.2, 0.25) is 0 Å². The number of aliphatic hydroxyl groups excluding tert-OH is 1. The number of esters is 1. The zero-order chi connectivity index (χ0) is 10.0. The summed E-state index contributed by atoms with van der Waals surface area (Å²) in [5.74, 6) is -1.65. The molecule has 0 aromatic carbocycles. The van der Waals surface area contributed by atoms with Crippen molar-refractivity contribution in [2.75, 3.05) is 20.2 Å². The van der Waals surface area contributed by atoms with Crippen molar-refractivity contribution in [1.29, 1.82) is 0 Å². The maximum absolute atomic E-state index is 11.2. The molecule has 0 radical (unpaired) electrons. The lowest BCUT2D eigenvalue weighted by atomic mass is 10.1. The highest BCUT2D eigenvalue weighted by Crippen LogP contribution is 2.18. The Morgan fingerprint density at radius 1 is 1.77 bits per heavy atom.